The highest BCUT2D eigenvalue weighted by Crippen LogP contribution is 2.41. The Hall–Kier alpha value is -3.29. The van der Waals surface area contributed by atoms with E-state index in [1.165, 1.54) is 6.26 Å². The normalized spacial score (nSPS) is 20.2. The Balaban J connectivity index is 1.24. The second-order valence-electron chi connectivity index (χ2n) is 9.16. The summed E-state index contributed by atoms with van der Waals surface area (Å²) in [7, 11) is 0. The van der Waals surface area contributed by atoms with Crippen LogP contribution in [0.25, 0.3) is 11.3 Å². The first-order chi connectivity index (χ1) is 16.0. The van der Waals surface area contributed by atoms with E-state index in [-0.39, 0.29) is 17.5 Å². The van der Waals surface area contributed by atoms with Crippen LogP contribution in [0.5, 0.6) is 0 Å². The molecular weight excluding hydrogens is 423 g/mol. The number of ketones is 1. The summed E-state index contributed by atoms with van der Waals surface area (Å²) in [6.45, 7) is 0. The van der Waals surface area contributed by atoms with Crippen LogP contribution in [0.4, 0.5) is 4.39 Å². The largest absolute Gasteiger partial charge is 0.364 e. The lowest BCUT2D eigenvalue weighted by Crippen LogP contribution is -2.39. The molecule has 2 fully saturated rings. The van der Waals surface area contributed by atoms with E-state index < -0.39 is 5.54 Å². The first-order valence-corrected chi connectivity index (χ1v) is 11.6. The molecule has 1 aliphatic heterocycles. The van der Waals surface area contributed by atoms with Gasteiger partial charge in [-0.2, -0.15) is 0 Å². The quantitative estimate of drug-likeness (QED) is 0.334. The molecule has 3 heterocycles. The van der Waals surface area contributed by atoms with Gasteiger partial charge in [-0.1, -0.05) is 24.1 Å². The summed E-state index contributed by atoms with van der Waals surface area (Å²) in [4.78, 5) is 32.0. The van der Waals surface area contributed by atoms with Gasteiger partial charge < -0.3 is 14.8 Å². The van der Waals surface area contributed by atoms with Gasteiger partial charge in [0.15, 0.2) is 5.78 Å². The molecule has 7 nitrogen and oxygen atoms in total. The molecule has 0 spiro atoms. The van der Waals surface area contributed by atoms with Gasteiger partial charge in [-0.05, 0) is 55.7 Å². The van der Waals surface area contributed by atoms with E-state index in [0.29, 0.717) is 54.4 Å². The lowest BCUT2D eigenvalue weighted by atomic mass is 9.89. The second-order valence-corrected chi connectivity index (χ2v) is 9.16. The Bertz CT molecular complexity index is 1150. The highest BCUT2D eigenvalue weighted by atomic mass is 19.1. The average Bonchev–Trinajstić information content (AvgIpc) is 3.18. The molecule has 0 unspecified atom stereocenters. The molecule has 2 aromatic heterocycles. The zero-order valence-electron chi connectivity index (χ0n) is 18.4. The van der Waals surface area contributed by atoms with E-state index in [4.69, 9.17) is 4.52 Å². The third kappa shape index (κ3) is 4.60. The third-order valence-electron chi connectivity index (χ3n) is 6.75. The number of hydrogen-bond acceptors (Lipinski definition) is 5. The molecule has 33 heavy (non-hydrogen) atoms. The van der Waals surface area contributed by atoms with E-state index in [2.05, 4.69) is 20.4 Å². The number of H-pyrrole nitrogens is 1. The van der Waals surface area contributed by atoms with Crippen molar-refractivity contribution in [2.45, 2.75) is 69.2 Å². The van der Waals surface area contributed by atoms with Crippen molar-refractivity contribution in [1.82, 2.24) is 20.4 Å². The molecule has 0 bridgehead atoms. The number of nitrogens with zero attached hydrogens (tertiary/aromatic N) is 2. The van der Waals surface area contributed by atoms with Gasteiger partial charge in [0.1, 0.15) is 23.6 Å². The van der Waals surface area contributed by atoms with Gasteiger partial charge in [-0.15, -0.1) is 0 Å². The lowest BCUT2D eigenvalue weighted by molar-refractivity contribution is -0.120. The maximum absolute atomic E-state index is 14.8. The van der Waals surface area contributed by atoms with Gasteiger partial charge in [0, 0.05) is 24.5 Å². The third-order valence-corrected chi connectivity index (χ3v) is 6.75. The van der Waals surface area contributed by atoms with Crippen molar-refractivity contribution in [2.75, 3.05) is 0 Å². The number of carbonyl (C=O) groups is 2. The molecule has 1 aromatic carbocycles. The van der Waals surface area contributed by atoms with Gasteiger partial charge in [0.2, 0.25) is 5.91 Å². The lowest BCUT2D eigenvalue weighted by Gasteiger charge is -2.27. The van der Waals surface area contributed by atoms with Crippen molar-refractivity contribution in [3.8, 4) is 11.3 Å². The predicted octanol–water partition coefficient (Wildman–Crippen LogP) is 5.02. The van der Waals surface area contributed by atoms with Crippen LogP contribution < -0.4 is 5.32 Å². The van der Waals surface area contributed by atoms with Gasteiger partial charge in [0.25, 0.3) is 0 Å². The average molecular weight is 451 g/mol. The first-order valence-electron chi connectivity index (χ1n) is 11.6. The van der Waals surface area contributed by atoms with E-state index >= 15 is 0 Å². The maximum atomic E-state index is 14.8. The van der Waals surface area contributed by atoms with Crippen LogP contribution in [0, 0.1) is 5.82 Å². The van der Waals surface area contributed by atoms with Gasteiger partial charge in [0.05, 0.1) is 17.4 Å². The minimum absolute atomic E-state index is 0.00544. The molecule has 3 aromatic rings. The van der Waals surface area contributed by atoms with Crippen molar-refractivity contribution < 1.29 is 18.5 Å². The van der Waals surface area contributed by atoms with Crippen LogP contribution in [-0.4, -0.2) is 26.8 Å². The Labute approximate surface area is 191 Å². The molecule has 8 heteroatoms. The van der Waals surface area contributed by atoms with Crippen molar-refractivity contribution in [1.29, 1.82) is 0 Å². The second kappa shape index (κ2) is 8.92. The van der Waals surface area contributed by atoms with E-state index in [0.717, 1.165) is 37.7 Å². The fourth-order valence-corrected chi connectivity index (χ4v) is 4.70. The van der Waals surface area contributed by atoms with Crippen LogP contribution in [0.2, 0.25) is 0 Å². The Morgan fingerprint density at radius 3 is 2.79 bits per heavy atom. The van der Waals surface area contributed by atoms with E-state index in [9.17, 15) is 14.0 Å². The van der Waals surface area contributed by atoms with Gasteiger partial charge >= 0.3 is 0 Å². The number of unbranched alkanes of at least 4 members (excludes halogenated alkanes) is 2. The van der Waals surface area contributed by atoms with Crippen LogP contribution in [0.3, 0.4) is 0 Å². The zero-order chi connectivity index (χ0) is 22.8. The molecule has 5 rings (SSSR count). The summed E-state index contributed by atoms with van der Waals surface area (Å²) in [6.07, 6.45) is 9.88. The summed E-state index contributed by atoms with van der Waals surface area (Å²) in [5, 5.41) is 6.78. The Morgan fingerprint density at radius 2 is 2.09 bits per heavy atom. The number of carbonyl (C=O) groups excluding carboxylic acids is 2. The molecule has 1 atom stereocenters. The van der Waals surface area contributed by atoms with E-state index in [1.807, 2.05) is 12.1 Å². The molecule has 1 aliphatic carbocycles. The number of amides is 1. The minimum atomic E-state index is -0.587. The number of aromatic amines is 1. The molecule has 2 aliphatic rings. The molecule has 1 saturated carbocycles. The summed E-state index contributed by atoms with van der Waals surface area (Å²) < 4.78 is 19.5. The van der Waals surface area contributed by atoms with Gasteiger partial charge in [-0.25, -0.2) is 9.37 Å². The number of halogens is 1. The Morgan fingerprint density at radius 1 is 1.21 bits per heavy atom. The topological polar surface area (TPSA) is 101 Å². The van der Waals surface area contributed by atoms with Gasteiger partial charge in [-0.3, -0.25) is 9.59 Å². The zero-order valence-corrected chi connectivity index (χ0v) is 18.4. The maximum Gasteiger partial charge on any atom is 0.220 e. The number of benzene rings is 1. The monoisotopic (exact) mass is 450 g/mol. The summed E-state index contributed by atoms with van der Waals surface area (Å²) in [6, 6.07) is 7.00. The summed E-state index contributed by atoms with van der Waals surface area (Å²) in [5.41, 5.74) is 1.93. The fraction of sp³-hybridized carbons (Fsp3) is 0.440. The predicted molar refractivity (Wildman–Crippen MR) is 119 cm³/mol. The summed E-state index contributed by atoms with van der Waals surface area (Å²) >= 11 is 0. The van der Waals surface area contributed by atoms with Crippen molar-refractivity contribution >= 4 is 11.7 Å². The van der Waals surface area contributed by atoms with Crippen molar-refractivity contribution in [2.24, 2.45) is 0 Å². The molecule has 172 valence electrons. The SMILES string of the molecule is O=C1CC[C@@](CCCCCC(=O)c2ccon2)(c2ncc(-c3ccc(C4CC4)cc3F)[nH]2)N1. The first kappa shape index (κ1) is 21.6. The molecular formula is C25H27FN4O3. The number of hydrogen-bond donors (Lipinski definition) is 2. The number of aromatic nitrogens is 3. The molecule has 2 N–H and O–H groups in total. The summed E-state index contributed by atoms with van der Waals surface area (Å²) in [5.74, 6) is 0.866. The van der Waals surface area contributed by atoms with Crippen molar-refractivity contribution in [3.63, 3.8) is 0 Å². The molecule has 1 amide bonds. The van der Waals surface area contributed by atoms with Crippen LogP contribution in [-0.2, 0) is 10.3 Å². The number of rotatable bonds is 10. The standard InChI is InChI=1S/C25H27FN4O3/c26-19-14-17(16-5-6-16)7-8-18(19)21-15-27-24(28-21)25(12-9-23(32)29-25)11-3-1-2-4-22(31)20-10-13-33-30-20/h7-8,10,13-16H,1-6,9,11-12H2,(H,27,28)(H,29,32)/t25-/m0/s1. The Kier molecular flexibility index (Phi) is 5.83. The number of Topliss-reactive ketones (excluding diaryl/α,β-unsaturated/α-hetero) is 1. The number of imidazole rings is 1. The minimum Gasteiger partial charge on any atom is -0.364 e. The van der Waals surface area contributed by atoms with Crippen LogP contribution >= 0.6 is 0 Å². The highest BCUT2D eigenvalue weighted by Gasteiger charge is 2.41. The highest BCUT2D eigenvalue weighted by molar-refractivity contribution is 5.93. The molecule has 1 saturated heterocycles. The fourth-order valence-electron chi connectivity index (χ4n) is 4.70. The van der Waals surface area contributed by atoms with E-state index in [1.54, 1.807) is 18.3 Å². The smallest absolute Gasteiger partial charge is 0.220 e. The molecule has 0 radical (unpaired) electrons. The van der Waals surface area contributed by atoms with Crippen LogP contribution in [0.15, 0.2) is 41.2 Å². The van der Waals surface area contributed by atoms with Crippen molar-refractivity contribution in [3.05, 3.63) is 59.6 Å². The van der Waals surface area contributed by atoms with Crippen LogP contribution in [0.1, 0.15) is 85.6 Å². The number of nitrogens with one attached hydrogen (secondary N) is 2.